The van der Waals surface area contributed by atoms with E-state index < -0.39 is 0 Å². The number of nitrogens with one attached hydrogen (secondary N) is 1. The second-order valence-electron chi connectivity index (χ2n) is 4.48. The molecule has 1 aromatic rings. The van der Waals surface area contributed by atoms with Gasteiger partial charge in [0.05, 0.1) is 28.9 Å². The third kappa shape index (κ3) is 2.98. The van der Waals surface area contributed by atoms with E-state index in [4.69, 9.17) is 16.9 Å². The van der Waals surface area contributed by atoms with Crippen LogP contribution >= 0.6 is 23.4 Å². The molecular weight excluding hydrogens is 266 g/mol. The Morgan fingerprint density at radius 3 is 2.94 bits per heavy atom. The number of nitriles is 1. The molecule has 3 nitrogen and oxygen atoms in total. The van der Waals surface area contributed by atoms with Crippen LogP contribution < -0.4 is 5.32 Å². The Labute approximate surface area is 116 Å². The number of rotatable bonds is 2. The van der Waals surface area contributed by atoms with Gasteiger partial charge in [-0.3, -0.25) is 4.99 Å². The third-order valence-electron chi connectivity index (χ3n) is 2.76. The lowest BCUT2D eigenvalue weighted by Gasteiger charge is -2.12. The van der Waals surface area contributed by atoms with E-state index in [0.717, 1.165) is 17.4 Å². The molecule has 2 rings (SSSR count). The van der Waals surface area contributed by atoms with E-state index in [2.05, 4.69) is 30.2 Å². The van der Waals surface area contributed by atoms with Crippen molar-refractivity contribution in [2.75, 3.05) is 11.9 Å². The molecule has 0 aliphatic carbocycles. The Kier molecular flexibility index (Phi) is 4.15. The SMILES string of the molecule is CC(C)C1CN=C(Nc2cc(C#N)ccc2Cl)S1. The molecule has 1 unspecified atom stereocenters. The van der Waals surface area contributed by atoms with Crippen LogP contribution in [0.25, 0.3) is 0 Å². The van der Waals surface area contributed by atoms with Gasteiger partial charge in [-0.15, -0.1) is 0 Å². The molecule has 0 spiro atoms. The van der Waals surface area contributed by atoms with Crippen LogP contribution in [0.1, 0.15) is 19.4 Å². The quantitative estimate of drug-likeness (QED) is 0.897. The third-order valence-corrected chi connectivity index (χ3v) is 4.54. The van der Waals surface area contributed by atoms with E-state index >= 15 is 0 Å². The van der Waals surface area contributed by atoms with Gasteiger partial charge in [0, 0.05) is 5.25 Å². The first-order valence-electron chi connectivity index (χ1n) is 5.78. The van der Waals surface area contributed by atoms with Crippen molar-refractivity contribution in [3.8, 4) is 6.07 Å². The number of halogens is 1. The molecule has 0 fully saturated rings. The topological polar surface area (TPSA) is 48.2 Å². The highest BCUT2D eigenvalue weighted by Crippen LogP contribution is 2.30. The van der Waals surface area contributed by atoms with Crippen LogP contribution in [0.5, 0.6) is 0 Å². The maximum absolute atomic E-state index is 8.87. The molecule has 5 heteroatoms. The molecule has 1 heterocycles. The molecule has 0 bridgehead atoms. The second-order valence-corrected chi connectivity index (χ2v) is 6.11. The van der Waals surface area contributed by atoms with Gasteiger partial charge >= 0.3 is 0 Å². The van der Waals surface area contributed by atoms with E-state index in [0.29, 0.717) is 21.8 Å². The van der Waals surface area contributed by atoms with E-state index in [1.807, 2.05) is 0 Å². The van der Waals surface area contributed by atoms with Crippen molar-refractivity contribution >= 4 is 34.2 Å². The van der Waals surface area contributed by atoms with Gasteiger partial charge in [0.25, 0.3) is 0 Å². The monoisotopic (exact) mass is 279 g/mol. The lowest BCUT2D eigenvalue weighted by Crippen LogP contribution is -2.13. The Morgan fingerprint density at radius 2 is 2.33 bits per heavy atom. The second kappa shape index (κ2) is 5.64. The highest BCUT2D eigenvalue weighted by atomic mass is 35.5. The van der Waals surface area contributed by atoms with Gasteiger partial charge in [-0.25, -0.2) is 0 Å². The molecule has 0 saturated carbocycles. The molecule has 18 heavy (non-hydrogen) atoms. The minimum atomic E-state index is 0.519. The summed E-state index contributed by atoms with van der Waals surface area (Å²) in [7, 11) is 0. The summed E-state index contributed by atoms with van der Waals surface area (Å²) in [6, 6.07) is 7.27. The number of hydrogen-bond donors (Lipinski definition) is 1. The Hall–Kier alpha value is -1.18. The zero-order valence-electron chi connectivity index (χ0n) is 10.3. The van der Waals surface area contributed by atoms with Crippen molar-refractivity contribution in [1.82, 2.24) is 0 Å². The van der Waals surface area contributed by atoms with Crippen LogP contribution in [-0.4, -0.2) is 17.0 Å². The number of hydrogen-bond acceptors (Lipinski definition) is 4. The molecule has 1 aliphatic heterocycles. The van der Waals surface area contributed by atoms with Crippen LogP contribution in [0.3, 0.4) is 0 Å². The number of anilines is 1. The van der Waals surface area contributed by atoms with Gasteiger partial charge in [-0.1, -0.05) is 37.2 Å². The van der Waals surface area contributed by atoms with E-state index in [9.17, 15) is 0 Å². The average Bonchev–Trinajstić information content (AvgIpc) is 2.81. The van der Waals surface area contributed by atoms with Gasteiger partial charge in [0.2, 0.25) is 0 Å². The van der Waals surface area contributed by atoms with Gasteiger partial charge in [0.15, 0.2) is 5.17 Å². The molecule has 0 saturated heterocycles. The molecule has 1 aromatic carbocycles. The van der Waals surface area contributed by atoms with Crippen molar-refractivity contribution in [2.24, 2.45) is 10.9 Å². The Balaban J connectivity index is 2.09. The smallest absolute Gasteiger partial charge is 0.161 e. The van der Waals surface area contributed by atoms with Crippen LogP contribution in [0, 0.1) is 17.2 Å². The first-order chi connectivity index (χ1) is 8.60. The summed E-state index contributed by atoms with van der Waals surface area (Å²) < 4.78 is 0. The van der Waals surface area contributed by atoms with Gasteiger partial charge in [-0.05, 0) is 24.1 Å². The van der Waals surface area contributed by atoms with Crippen LogP contribution in [0.4, 0.5) is 5.69 Å². The summed E-state index contributed by atoms with van der Waals surface area (Å²) in [5, 5.41) is 14.1. The fourth-order valence-corrected chi connectivity index (χ4v) is 2.80. The van der Waals surface area contributed by atoms with Crippen LogP contribution in [0.2, 0.25) is 5.02 Å². The minimum absolute atomic E-state index is 0.519. The summed E-state index contributed by atoms with van der Waals surface area (Å²) in [5.74, 6) is 0.596. The van der Waals surface area contributed by atoms with Crippen molar-refractivity contribution < 1.29 is 0 Å². The number of amidine groups is 1. The summed E-state index contributed by atoms with van der Waals surface area (Å²) in [6.07, 6.45) is 0. The van der Waals surface area contributed by atoms with Gasteiger partial charge < -0.3 is 5.32 Å². The minimum Gasteiger partial charge on any atom is -0.334 e. The van der Waals surface area contributed by atoms with Crippen molar-refractivity contribution in [1.29, 1.82) is 5.26 Å². The fraction of sp³-hybridized carbons (Fsp3) is 0.385. The molecular formula is C13H14ClN3S. The number of aliphatic imine (C=N–C) groups is 1. The highest BCUT2D eigenvalue weighted by molar-refractivity contribution is 8.15. The fourth-order valence-electron chi connectivity index (χ4n) is 1.61. The maximum Gasteiger partial charge on any atom is 0.161 e. The largest absolute Gasteiger partial charge is 0.334 e. The van der Waals surface area contributed by atoms with E-state index in [-0.39, 0.29) is 0 Å². The summed E-state index contributed by atoms with van der Waals surface area (Å²) >= 11 is 7.83. The number of benzene rings is 1. The molecule has 94 valence electrons. The first-order valence-corrected chi connectivity index (χ1v) is 7.03. The summed E-state index contributed by atoms with van der Waals surface area (Å²) in [5.41, 5.74) is 1.33. The summed E-state index contributed by atoms with van der Waals surface area (Å²) in [6.45, 7) is 5.22. The van der Waals surface area contributed by atoms with Gasteiger partial charge in [0.1, 0.15) is 0 Å². The van der Waals surface area contributed by atoms with Crippen molar-refractivity contribution in [3.63, 3.8) is 0 Å². The predicted octanol–water partition coefficient (Wildman–Crippen LogP) is 3.75. The zero-order valence-corrected chi connectivity index (χ0v) is 11.8. The number of thioether (sulfide) groups is 1. The highest BCUT2D eigenvalue weighted by Gasteiger charge is 2.22. The Morgan fingerprint density at radius 1 is 1.56 bits per heavy atom. The predicted molar refractivity (Wildman–Crippen MR) is 78.3 cm³/mol. The normalized spacial score (nSPS) is 18.6. The average molecular weight is 280 g/mol. The molecule has 1 N–H and O–H groups in total. The molecule has 1 atom stereocenters. The standard InChI is InChI=1S/C13H14ClN3S/c1-8(2)12-7-16-13(18-12)17-11-5-9(6-15)3-4-10(11)14/h3-5,8,12H,7H2,1-2H3,(H,16,17). The van der Waals surface area contributed by atoms with E-state index in [1.54, 1.807) is 30.0 Å². The van der Waals surface area contributed by atoms with Crippen LogP contribution in [0.15, 0.2) is 23.2 Å². The first kappa shape index (κ1) is 13.3. The zero-order chi connectivity index (χ0) is 13.1. The van der Waals surface area contributed by atoms with Crippen LogP contribution in [-0.2, 0) is 0 Å². The lowest BCUT2D eigenvalue weighted by molar-refractivity contribution is 0.621. The molecule has 0 radical (unpaired) electrons. The van der Waals surface area contributed by atoms with E-state index in [1.165, 1.54) is 0 Å². The molecule has 0 aromatic heterocycles. The number of nitrogens with zero attached hydrogens (tertiary/aromatic N) is 2. The van der Waals surface area contributed by atoms with Gasteiger partial charge in [-0.2, -0.15) is 5.26 Å². The van der Waals surface area contributed by atoms with Crippen molar-refractivity contribution in [2.45, 2.75) is 19.1 Å². The van der Waals surface area contributed by atoms with Crippen molar-refractivity contribution in [3.05, 3.63) is 28.8 Å². The maximum atomic E-state index is 8.87. The summed E-state index contributed by atoms with van der Waals surface area (Å²) in [4.78, 5) is 4.46. The Bertz CT molecular complexity index is 519. The molecule has 1 aliphatic rings. The molecule has 0 amide bonds. The lowest BCUT2D eigenvalue weighted by atomic mass is 10.1.